The highest BCUT2D eigenvalue weighted by atomic mass is 19.4. The fourth-order valence-corrected chi connectivity index (χ4v) is 3.75. The van der Waals surface area contributed by atoms with Crippen LogP contribution in [0.5, 0.6) is 0 Å². The number of anilines is 2. The first-order valence-corrected chi connectivity index (χ1v) is 11.8. The predicted molar refractivity (Wildman–Crippen MR) is 134 cm³/mol. The second-order valence-corrected chi connectivity index (χ2v) is 8.81. The normalized spacial score (nSPS) is 13.1. The average molecular weight is 526 g/mol. The Morgan fingerprint density at radius 2 is 1.84 bits per heavy atom. The lowest BCUT2D eigenvalue weighted by molar-refractivity contribution is -0.137. The SMILES string of the molecule is Cc1cc(Nc2cc(C(F)(F)F)ccn2)nc(-c2cn(C(C)C(=O)N[C@@H](CO)Cc3ccccc3)nn2)c1. The average Bonchev–Trinajstić information content (AvgIpc) is 3.38. The van der Waals surface area contributed by atoms with Crippen molar-refractivity contribution in [2.24, 2.45) is 0 Å². The first kappa shape index (κ1) is 26.7. The fourth-order valence-electron chi connectivity index (χ4n) is 3.75. The minimum atomic E-state index is -4.50. The van der Waals surface area contributed by atoms with Gasteiger partial charge in [0.2, 0.25) is 5.91 Å². The monoisotopic (exact) mass is 525 g/mol. The van der Waals surface area contributed by atoms with Gasteiger partial charge in [-0.2, -0.15) is 13.2 Å². The number of aromatic nitrogens is 5. The van der Waals surface area contributed by atoms with E-state index in [9.17, 15) is 23.1 Å². The van der Waals surface area contributed by atoms with Gasteiger partial charge in [-0.25, -0.2) is 14.6 Å². The van der Waals surface area contributed by atoms with Crippen molar-refractivity contribution in [2.45, 2.75) is 38.5 Å². The van der Waals surface area contributed by atoms with Crippen LogP contribution in [-0.4, -0.2) is 48.6 Å². The molecule has 9 nitrogen and oxygen atoms in total. The molecule has 2 atom stereocenters. The van der Waals surface area contributed by atoms with Gasteiger partial charge < -0.3 is 15.7 Å². The summed E-state index contributed by atoms with van der Waals surface area (Å²) in [6.45, 7) is 3.23. The van der Waals surface area contributed by atoms with Crippen molar-refractivity contribution >= 4 is 17.5 Å². The van der Waals surface area contributed by atoms with E-state index in [0.29, 0.717) is 17.8 Å². The lowest BCUT2D eigenvalue weighted by atomic mass is 10.1. The van der Waals surface area contributed by atoms with Crippen molar-refractivity contribution in [3.05, 3.63) is 83.7 Å². The number of benzene rings is 1. The summed E-state index contributed by atoms with van der Waals surface area (Å²) in [7, 11) is 0. The highest BCUT2D eigenvalue weighted by molar-refractivity contribution is 5.80. The molecule has 0 radical (unpaired) electrons. The van der Waals surface area contributed by atoms with Gasteiger partial charge in [-0.15, -0.1) is 5.10 Å². The molecule has 4 rings (SSSR count). The van der Waals surface area contributed by atoms with Crippen LogP contribution in [0.15, 0.2) is 67.0 Å². The number of nitrogens with zero attached hydrogens (tertiary/aromatic N) is 5. The number of pyridine rings is 2. The zero-order chi connectivity index (χ0) is 27.3. The number of amides is 1. The van der Waals surface area contributed by atoms with Gasteiger partial charge in [0.25, 0.3) is 0 Å². The third-order valence-electron chi connectivity index (χ3n) is 5.75. The standard InChI is InChI=1S/C26H26F3N7O2/c1-16-10-21(32-24(11-16)33-23-13-19(8-9-30-23)26(27,28)29)22-14-36(35-34-22)17(2)25(38)31-20(15-37)12-18-6-4-3-5-7-18/h3-11,13-14,17,20,37H,12,15H2,1-2H3,(H,31,38)(H,30,32,33)/t17?,20-/m1/s1. The largest absolute Gasteiger partial charge is 0.416 e. The maximum absolute atomic E-state index is 13.0. The molecule has 12 heteroatoms. The lowest BCUT2D eigenvalue weighted by Crippen LogP contribution is -2.42. The number of aliphatic hydroxyl groups excluding tert-OH is 1. The molecular formula is C26H26F3N7O2. The Hall–Kier alpha value is -4.32. The molecule has 0 aliphatic carbocycles. The van der Waals surface area contributed by atoms with E-state index in [4.69, 9.17) is 0 Å². The van der Waals surface area contributed by atoms with Crippen LogP contribution in [0.25, 0.3) is 11.4 Å². The van der Waals surface area contributed by atoms with Crippen molar-refractivity contribution < 1.29 is 23.1 Å². The van der Waals surface area contributed by atoms with Crippen molar-refractivity contribution in [1.29, 1.82) is 0 Å². The molecule has 0 bridgehead atoms. The van der Waals surface area contributed by atoms with Crippen LogP contribution >= 0.6 is 0 Å². The second-order valence-electron chi connectivity index (χ2n) is 8.81. The zero-order valence-electron chi connectivity index (χ0n) is 20.6. The third-order valence-corrected chi connectivity index (χ3v) is 5.75. The highest BCUT2D eigenvalue weighted by Crippen LogP contribution is 2.30. The predicted octanol–water partition coefficient (Wildman–Crippen LogP) is 4.09. The molecule has 1 amide bonds. The van der Waals surface area contributed by atoms with Crippen molar-refractivity contribution in [2.75, 3.05) is 11.9 Å². The molecule has 0 aliphatic rings. The van der Waals surface area contributed by atoms with Gasteiger partial charge in [0.05, 0.1) is 30.1 Å². The molecule has 38 heavy (non-hydrogen) atoms. The quantitative estimate of drug-likeness (QED) is 0.301. The van der Waals surface area contributed by atoms with Gasteiger partial charge in [-0.3, -0.25) is 4.79 Å². The van der Waals surface area contributed by atoms with Gasteiger partial charge >= 0.3 is 6.18 Å². The number of alkyl halides is 3. The van der Waals surface area contributed by atoms with Crippen LogP contribution in [0.4, 0.5) is 24.8 Å². The smallest absolute Gasteiger partial charge is 0.394 e. The third kappa shape index (κ3) is 6.71. The lowest BCUT2D eigenvalue weighted by Gasteiger charge is -2.19. The Morgan fingerprint density at radius 1 is 1.08 bits per heavy atom. The van der Waals surface area contributed by atoms with Crippen LogP contribution in [0, 0.1) is 6.92 Å². The van der Waals surface area contributed by atoms with Gasteiger partial charge in [0.15, 0.2) is 0 Å². The van der Waals surface area contributed by atoms with Crippen LogP contribution in [0.2, 0.25) is 0 Å². The summed E-state index contributed by atoms with van der Waals surface area (Å²) in [4.78, 5) is 21.2. The molecule has 4 aromatic rings. The Balaban J connectivity index is 1.47. The highest BCUT2D eigenvalue weighted by Gasteiger charge is 2.30. The maximum atomic E-state index is 13.0. The molecule has 1 unspecified atom stereocenters. The minimum absolute atomic E-state index is 0.00763. The van der Waals surface area contributed by atoms with E-state index < -0.39 is 23.8 Å². The molecule has 3 N–H and O–H groups in total. The minimum Gasteiger partial charge on any atom is -0.394 e. The number of carbonyl (C=O) groups excluding carboxylic acids is 1. The van der Waals surface area contributed by atoms with Crippen LogP contribution in [0.1, 0.15) is 29.7 Å². The summed E-state index contributed by atoms with van der Waals surface area (Å²) in [6, 6.07) is 13.5. The number of nitrogens with one attached hydrogen (secondary N) is 2. The molecular weight excluding hydrogens is 499 g/mol. The van der Waals surface area contributed by atoms with Crippen LogP contribution < -0.4 is 10.6 Å². The molecule has 0 saturated heterocycles. The summed E-state index contributed by atoms with van der Waals surface area (Å²) in [5.74, 6) is -0.0720. The zero-order valence-corrected chi connectivity index (χ0v) is 20.6. The van der Waals surface area contributed by atoms with Crippen LogP contribution in [0.3, 0.4) is 0 Å². The van der Waals surface area contributed by atoms with E-state index >= 15 is 0 Å². The summed E-state index contributed by atoms with van der Waals surface area (Å²) in [5.41, 5.74) is 1.71. The Bertz CT molecular complexity index is 1390. The van der Waals surface area contributed by atoms with E-state index in [0.717, 1.165) is 29.5 Å². The molecule has 0 fully saturated rings. The molecule has 0 saturated carbocycles. The van der Waals surface area contributed by atoms with E-state index in [1.165, 1.54) is 4.68 Å². The summed E-state index contributed by atoms with van der Waals surface area (Å²) in [6.07, 6.45) is -1.39. The Morgan fingerprint density at radius 3 is 2.55 bits per heavy atom. The van der Waals surface area contributed by atoms with E-state index in [-0.39, 0.29) is 24.1 Å². The molecule has 198 valence electrons. The van der Waals surface area contributed by atoms with Crippen LogP contribution in [-0.2, 0) is 17.4 Å². The van der Waals surface area contributed by atoms with Crippen molar-refractivity contribution in [1.82, 2.24) is 30.3 Å². The van der Waals surface area contributed by atoms with E-state index in [1.807, 2.05) is 30.3 Å². The van der Waals surface area contributed by atoms with Gasteiger partial charge in [-0.1, -0.05) is 35.5 Å². The number of hydrogen-bond donors (Lipinski definition) is 3. The molecule has 3 aromatic heterocycles. The van der Waals surface area contributed by atoms with Gasteiger partial charge in [-0.05, 0) is 55.7 Å². The number of aliphatic hydroxyl groups is 1. The number of aryl methyl sites for hydroxylation is 1. The number of halogens is 3. The first-order chi connectivity index (χ1) is 18.1. The Kier molecular flexibility index (Phi) is 8.01. The van der Waals surface area contributed by atoms with Crippen molar-refractivity contribution in [3.8, 4) is 11.4 Å². The first-order valence-electron chi connectivity index (χ1n) is 11.8. The van der Waals surface area contributed by atoms with Gasteiger partial charge in [0.1, 0.15) is 23.4 Å². The van der Waals surface area contributed by atoms with E-state index in [1.54, 1.807) is 32.2 Å². The fraction of sp³-hybridized carbons (Fsp3) is 0.269. The molecule has 0 spiro atoms. The summed E-state index contributed by atoms with van der Waals surface area (Å²) < 4.78 is 40.5. The second kappa shape index (κ2) is 11.4. The number of hydrogen-bond acceptors (Lipinski definition) is 7. The molecule has 3 heterocycles. The van der Waals surface area contributed by atoms with Gasteiger partial charge in [0, 0.05) is 6.20 Å². The molecule has 0 aliphatic heterocycles. The van der Waals surface area contributed by atoms with E-state index in [2.05, 4.69) is 30.9 Å². The maximum Gasteiger partial charge on any atom is 0.416 e. The van der Waals surface area contributed by atoms with Crippen molar-refractivity contribution in [3.63, 3.8) is 0 Å². The summed E-state index contributed by atoms with van der Waals surface area (Å²) >= 11 is 0. The molecule has 1 aromatic carbocycles. The topological polar surface area (TPSA) is 118 Å². The number of rotatable bonds is 9. The number of carbonyl (C=O) groups is 1. The Labute approximate surface area is 216 Å². The summed E-state index contributed by atoms with van der Waals surface area (Å²) in [5, 5.41) is 23.5.